The summed E-state index contributed by atoms with van der Waals surface area (Å²) in [4.78, 5) is 8.81. The van der Waals surface area contributed by atoms with Crippen LogP contribution in [0.25, 0.3) is 22.5 Å². The molecule has 0 spiro atoms. The Labute approximate surface area is 285 Å². The van der Waals surface area contributed by atoms with Gasteiger partial charge in [0.15, 0.2) is 0 Å². The van der Waals surface area contributed by atoms with Crippen LogP contribution in [0.4, 0.5) is 0 Å². The molecule has 0 saturated heterocycles. The van der Waals surface area contributed by atoms with Crippen LogP contribution in [-0.4, -0.2) is 9.97 Å². The quantitative estimate of drug-likeness (QED) is 0.158. The number of hydrogen-bond donors (Lipinski definition) is 0. The van der Waals surface area contributed by atoms with E-state index in [1.54, 1.807) is 12.3 Å². The van der Waals surface area contributed by atoms with Crippen molar-refractivity contribution in [2.75, 3.05) is 0 Å². The number of nitrogens with zero attached hydrogens (tertiary/aromatic N) is 2. The minimum Gasteiger partial charge on any atom is -0.305 e. The molecular weight excluding hydrogens is 725 g/mol. The molecule has 4 aromatic carbocycles. The molecule has 2 nitrogen and oxygen atoms in total. The van der Waals surface area contributed by atoms with Crippen LogP contribution in [0.2, 0.25) is 0 Å². The molecule has 1 radical (unpaired) electrons. The predicted molar refractivity (Wildman–Crippen MR) is 184 cm³/mol. The Morgan fingerprint density at radius 3 is 1.91 bits per heavy atom. The molecule has 0 unspecified atom stereocenters. The van der Waals surface area contributed by atoms with E-state index in [1.807, 2.05) is 66.9 Å². The van der Waals surface area contributed by atoms with E-state index >= 15 is 0 Å². The molecule has 6 aromatic rings. The second kappa shape index (κ2) is 15.2. The Morgan fingerprint density at radius 2 is 1.27 bits per heavy atom. The fourth-order valence-electron chi connectivity index (χ4n) is 4.94. The van der Waals surface area contributed by atoms with Crippen LogP contribution in [-0.2, 0) is 37.3 Å². The molecule has 2 heterocycles. The normalized spacial score (nSPS) is 12.1. The molecule has 0 N–H and O–H groups in total. The van der Waals surface area contributed by atoms with Crippen LogP contribution < -0.4 is 0 Å². The number of benzene rings is 4. The van der Waals surface area contributed by atoms with Crippen molar-refractivity contribution >= 4 is 0 Å². The maximum absolute atomic E-state index is 8.54. The molecule has 229 valence electrons. The largest absolute Gasteiger partial charge is 0.305 e. The first-order chi connectivity index (χ1) is 22.0. The molecule has 0 saturated carbocycles. The van der Waals surface area contributed by atoms with E-state index in [9.17, 15) is 0 Å². The van der Waals surface area contributed by atoms with Crippen LogP contribution in [0.5, 0.6) is 0 Å². The van der Waals surface area contributed by atoms with Crippen molar-refractivity contribution in [3.8, 4) is 22.5 Å². The van der Waals surface area contributed by atoms with Crippen LogP contribution in [0.1, 0.15) is 65.2 Å². The molecule has 0 fully saturated rings. The van der Waals surface area contributed by atoms with Gasteiger partial charge < -0.3 is 9.97 Å². The summed E-state index contributed by atoms with van der Waals surface area (Å²) in [7, 11) is 0. The van der Waals surface area contributed by atoms with Gasteiger partial charge in [-0.15, -0.1) is 70.8 Å². The fourth-order valence-corrected chi connectivity index (χ4v) is 4.94. The standard InChI is InChI=1S/C22H22N.C20H18N.Ir/c1-22(2,3)20-11-7-10-19(16-20)21-15-18(12-13-23-21)14-17-8-5-4-6-9-17;1-20(2,17-8-4-3-5-9-17)18-13-11-16(12-14-18)19-10-6-7-15-21-19;/h4-9,11-13,15-16H,14H2,1-3H3;3-11,13-15H,1-2H3;/q2*-1;/i14D2;;. The van der Waals surface area contributed by atoms with Gasteiger partial charge in [0.25, 0.3) is 0 Å². The number of rotatable bonds is 6. The first-order valence-electron chi connectivity index (χ1n) is 16.0. The van der Waals surface area contributed by atoms with Gasteiger partial charge in [0.2, 0.25) is 0 Å². The number of aromatic nitrogens is 2. The van der Waals surface area contributed by atoms with Gasteiger partial charge in [0, 0.05) is 35.2 Å². The van der Waals surface area contributed by atoms with Crippen LogP contribution in [0.15, 0.2) is 140 Å². The van der Waals surface area contributed by atoms with E-state index in [2.05, 4.69) is 117 Å². The second-order valence-electron chi connectivity index (χ2n) is 12.4. The van der Waals surface area contributed by atoms with Crippen molar-refractivity contribution in [1.82, 2.24) is 9.97 Å². The van der Waals surface area contributed by atoms with Crippen molar-refractivity contribution < 1.29 is 22.8 Å². The Kier molecular flexibility index (Phi) is 10.4. The van der Waals surface area contributed by atoms with E-state index in [4.69, 9.17) is 2.74 Å². The first kappa shape index (κ1) is 30.8. The van der Waals surface area contributed by atoms with Crippen LogP contribution in [0.3, 0.4) is 0 Å². The molecule has 0 aliphatic rings. The van der Waals surface area contributed by atoms with Crippen molar-refractivity contribution in [3.63, 3.8) is 0 Å². The van der Waals surface area contributed by atoms with Crippen molar-refractivity contribution in [2.45, 2.75) is 51.8 Å². The summed E-state index contributed by atoms with van der Waals surface area (Å²) in [5.41, 5.74) is 8.64. The smallest absolute Gasteiger partial charge is 0.0365 e. The Hall–Kier alpha value is -4.17. The third kappa shape index (κ3) is 8.94. The zero-order valence-corrected chi connectivity index (χ0v) is 28.9. The monoisotopic (exact) mass is 767 g/mol. The van der Waals surface area contributed by atoms with Crippen molar-refractivity contribution in [3.05, 3.63) is 180 Å². The molecule has 3 heteroatoms. The third-order valence-corrected chi connectivity index (χ3v) is 7.74. The maximum atomic E-state index is 8.54. The Bertz CT molecular complexity index is 1850. The summed E-state index contributed by atoms with van der Waals surface area (Å²) in [5.74, 6) is 0. The zero-order chi connectivity index (χ0) is 32.8. The SMILES string of the molecule is CC(C)(c1c[c-]c(-c2ccccn2)cc1)c1ccccc1.[2H]C([2H])(c1ccccc1)c1ccnc(-c2[c-]ccc(C(C)(C)C)c2)c1.[Ir]. The molecule has 0 bridgehead atoms. The van der Waals surface area contributed by atoms with Gasteiger partial charge in [-0.05, 0) is 57.4 Å². The summed E-state index contributed by atoms with van der Waals surface area (Å²) < 4.78 is 17.1. The summed E-state index contributed by atoms with van der Waals surface area (Å²) in [5, 5.41) is 0. The first-order valence-corrected chi connectivity index (χ1v) is 15.0. The predicted octanol–water partition coefficient (Wildman–Crippen LogP) is 10.3. The molecule has 0 aliphatic heterocycles. The average Bonchev–Trinajstić information content (AvgIpc) is 3.09. The van der Waals surface area contributed by atoms with Gasteiger partial charge in [0.05, 0.1) is 0 Å². The maximum Gasteiger partial charge on any atom is 0.0365 e. The second-order valence-corrected chi connectivity index (χ2v) is 12.4. The van der Waals surface area contributed by atoms with Crippen molar-refractivity contribution in [1.29, 1.82) is 0 Å². The molecule has 45 heavy (non-hydrogen) atoms. The van der Waals surface area contributed by atoms with E-state index in [-0.39, 0.29) is 30.9 Å². The topological polar surface area (TPSA) is 25.8 Å². The molecular formula is C42H40IrN2-2. The fraction of sp³-hybridized carbons (Fsp3) is 0.190. The molecule has 2 aromatic heterocycles. The van der Waals surface area contributed by atoms with Gasteiger partial charge >= 0.3 is 0 Å². The number of pyridine rings is 2. The van der Waals surface area contributed by atoms with Crippen molar-refractivity contribution in [2.24, 2.45) is 0 Å². The van der Waals surface area contributed by atoms with Gasteiger partial charge in [-0.1, -0.05) is 113 Å². The molecule has 6 rings (SSSR count). The van der Waals surface area contributed by atoms with Gasteiger partial charge in [-0.3, -0.25) is 0 Å². The Morgan fingerprint density at radius 1 is 0.578 bits per heavy atom. The van der Waals surface area contributed by atoms with E-state index in [1.165, 1.54) is 16.7 Å². The van der Waals surface area contributed by atoms with Crippen LogP contribution in [0, 0.1) is 12.1 Å². The van der Waals surface area contributed by atoms with Gasteiger partial charge in [-0.2, -0.15) is 0 Å². The summed E-state index contributed by atoms with van der Waals surface area (Å²) >= 11 is 0. The van der Waals surface area contributed by atoms with Crippen LogP contribution >= 0.6 is 0 Å². The van der Waals surface area contributed by atoms with Gasteiger partial charge in [0.1, 0.15) is 0 Å². The molecule has 0 atom stereocenters. The minimum absolute atomic E-state index is 0. The molecule has 0 amide bonds. The van der Waals surface area contributed by atoms with E-state index in [0.717, 1.165) is 22.5 Å². The summed E-state index contributed by atoms with van der Waals surface area (Å²) in [6.45, 7) is 11.0. The zero-order valence-electron chi connectivity index (χ0n) is 28.5. The number of hydrogen-bond acceptors (Lipinski definition) is 2. The average molecular weight is 767 g/mol. The molecule has 0 aliphatic carbocycles. The van der Waals surface area contributed by atoms with Gasteiger partial charge in [-0.25, -0.2) is 0 Å². The van der Waals surface area contributed by atoms with E-state index < -0.39 is 6.37 Å². The minimum atomic E-state index is -1.57. The van der Waals surface area contributed by atoms with E-state index in [0.29, 0.717) is 11.1 Å². The summed E-state index contributed by atoms with van der Waals surface area (Å²) in [6.07, 6.45) is 1.91. The Balaban J connectivity index is 0.000000211. The summed E-state index contributed by atoms with van der Waals surface area (Å²) in [6, 6.07) is 48.3. The third-order valence-electron chi connectivity index (χ3n) is 7.74.